The van der Waals surface area contributed by atoms with Crippen LogP contribution < -0.4 is 0 Å². The summed E-state index contributed by atoms with van der Waals surface area (Å²) in [4.78, 5) is 6.80. The van der Waals surface area contributed by atoms with E-state index in [1.165, 1.54) is 0 Å². The number of nitrogens with zero attached hydrogens (tertiary/aromatic N) is 5. The van der Waals surface area contributed by atoms with E-state index in [9.17, 15) is 5.11 Å². The van der Waals surface area contributed by atoms with Crippen molar-refractivity contribution in [2.45, 2.75) is 38.7 Å². The van der Waals surface area contributed by atoms with E-state index in [1.54, 1.807) is 7.11 Å². The molecule has 3 rings (SSSR count). The Balaban J connectivity index is 1.69. The Hall–Kier alpha value is -1.74. The van der Waals surface area contributed by atoms with Crippen LogP contribution in [0.2, 0.25) is 0 Å². The van der Waals surface area contributed by atoms with Crippen molar-refractivity contribution in [2.24, 2.45) is 0 Å². The number of hydrogen-bond acceptors (Lipinski definition) is 6. The largest absolute Gasteiger partial charge is 0.393 e. The number of ether oxygens (including phenoxy) is 1. The van der Waals surface area contributed by atoms with Crippen LogP contribution in [-0.4, -0.2) is 61.3 Å². The summed E-state index contributed by atoms with van der Waals surface area (Å²) in [6, 6.07) is 1.89. The van der Waals surface area contributed by atoms with E-state index >= 15 is 0 Å². The normalized spacial score (nSPS) is 16.8. The summed E-state index contributed by atoms with van der Waals surface area (Å²) in [5.41, 5.74) is 1.60. The minimum Gasteiger partial charge on any atom is -0.393 e. The van der Waals surface area contributed by atoms with Gasteiger partial charge in [-0.3, -0.25) is 9.58 Å². The third kappa shape index (κ3) is 3.84. The molecule has 8 heteroatoms. The van der Waals surface area contributed by atoms with Gasteiger partial charge in [-0.25, -0.2) is 4.98 Å². The predicted octanol–water partition coefficient (Wildman–Crippen LogP) is 0.158. The van der Waals surface area contributed by atoms with Crippen LogP contribution in [0.25, 0.3) is 0 Å². The van der Waals surface area contributed by atoms with Gasteiger partial charge in [-0.15, -0.1) is 0 Å². The highest BCUT2D eigenvalue weighted by Crippen LogP contribution is 2.19. The Kier molecular flexibility index (Phi) is 5.62. The minimum absolute atomic E-state index is 0.308. The van der Waals surface area contributed by atoms with Crippen LogP contribution in [0, 0.1) is 0 Å². The molecular weight excluding hydrogens is 310 g/mol. The van der Waals surface area contributed by atoms with E-state index in [0.717, 1.165) is 50.7 Å². The van der Waals surface area contributed by atoms with Crippen LogP contribution in [0.4, 0.5) is 0 Å². The zero-order chi connectivity index (χ0) is 16.9. The molecule has 0 amide bonds. The topological polar surface area (TPSA) is 88.6 Å². The van der Waals surface area contributed by atoms with Crippen molar-refractivity contribution in [1.82, 2.24) is 24.2 Å². The maximum absolute atomic E-state index is 9.78. The second-order valence-electron chi connectivity index (χ2n) is 6.08. The lowest BCUT2D eigenvalue weighted by molar-refractivity contribution is 0.0916. The molecule has 1 atom stereocenters. The van der Waals surface area contributed by atoms with Gasteiger partial charge < -0.3 is 19.5 Å². The van der Waals surface area contributed by atoms with E-state index in [4.69, 9.17) is 9.84 Å². The highest BCUT2D eigenvalue weighted by atomic mass is 16.5. The molecule has 2 aromatic rings. The molecule has 8 nitrogen and oxygen atoms in total. The van der Waals surface area contributed by atoms with E-state index in [0.29, 0.717) is 12.3 Å². The molecule has 2 aromatic heterocycles. The fraction of sp³-hybridized carbons (Fsp3) is 0.625. The van der Waals surface area contributed by atoms with Crippen molar-refractivity contribution in [3.05, 3.63) is 35.7 Å². The number of imidazole rings is 1. The van der Waals surface area contributed by atoms with Gasteiger partial charge in [0, 0.05) is 45.7 Å². The first-order valence-electron chi connectivity index (χ1n) is 8.28. The summed E-state index contributed by atoms with van der Waals surface area (Å²) < 4.78 is 9.20. The smallest absolute Gasteiger partial charge is 0.122 e. The fourth-order valence-electron chi connectivity index (χ4n) is 3.03. The molecule has 1 aliphatic heterocycles. The number of aliphatic hydroxyl groups is 2. The van der Waals surface area contributed by atoms with Gasteiger partial charge in [0.25, 0.3) is 0 Å². The SMILES string of the molecule is COCCn1ccnc1CN1CCCn2nc(C(O)CO)cc2C1. The van der Waals surface area contributed by atoms with Crippen molar-refractivity contribution < 1.29 is 14.9 Å². The third-order valence-electron chi connectivity index (χ3n) is 4.33. The van der Waals surface area contributed by atoms with Gasteiger partial charge >= 0.3 is 0 Å². The first-order chi connectivity index (χ1) is 11.7. The van der Waals surface area contributed by atoms with Gasteiger partial charge in [0.05, 0.1) is 31.1 Å². The maximum Gasteiger partial charge on any atom is 0.122 e. The van der Waals surface area contributed by atoms with Crippen LogP contribution in [0.5, 0.6) is 0 Å². The molecule has 0 saturated heterocycles. The first kappa shape index (κ1) is 17.1. The Morgan fingerprint density at radius 3 is 3.04 bits per heavy atom. The summed E-state index contributed by atoms with van der Waals surface area (Å²) >= 11 is 0. The number of hydrogen-bond donors (Lipinski definition) is 2. The van der Waals surface area contributed by atoms with Crippen molar-refractivity contribution in [1.29, 1.82) is 0 Å². The summed E-state index contributed by atoms with van der Waals surface area (Å²) in [5, 5.41) is 23.3. The highest BCUT2D eigenvalue weighted by molar-refractivity contribution is 5.14. The van der Waals surface area contributed by atoms with Crippen molar-refractivity contribution in [3.63, 3.8) is 0 Å². The molecular formula is C16H25N5O3. The molecule has 1 aliphatic rings. The summed E-state index contributed by atoms with van der Waals surface area (Å²) in [5.74, 6) is 1.02. The van der Waals surface area contributed by atoms with Gasteiger partial charge in [0.1, 0.15) is 11.9 Å². The monoisotopic (exact) mass is 335 g/mol. The van der Waals surface area contributed by atoms with Crippen LogP contribution in [-0.2, 0) is 30.9 Å². The molecule has 0 bridgehead atoms. The third-order valence-corrected chi connectivity index (χ3v) is 4.33. The summed E-state index contributed by atoms with van der Waals surface area (Å²) in [6.07, 6.45) is 3.88. The van der Waals surface area contributed by atoms with Crippen LogP contribution in [0.15, 0.2) is 18.5 Å². The molecule has 0 aromatic carbocycles. The van der Waals surface area contributed by atoms with Crippen molar-refractivity contribution in [2.75, 3.05) is 26.9 Å². The lowest BCUT2D eigenvalue weighted by atomic mass is 10.2. The van der Waals surface area contributed by atoms with Crippen molar-refractivity contribution in [3.8, 4) is 0 Å². The summed E-state index contributed by atoms with van der Waals surface area (Å²) in [7, 11) is 1.70. The molecule has 132 valence electrons. The standard InChI is InChI=1S/C16H25N5O3/c1-24-8-7-20-6-3-17-16(20)11-19-4-2-5-21-13(10-19)9-14(18-21)15(23)12-22/h3,6,9,15,22-23H,2,4-5,7-8,10-12H2,1H3. The van der Waals surface area contributed by atoms with Crippen LogP contribution >= 0.6 is 0 Å². The number of rotatable bonds is 7. The molecule has 24 heavy (non-hydrogen) atoms. The molecule has 0 radical (unpaired) electrons. The Morgan fingerprint density at radius 1 is 1.38 bits per heavy atom. The number of aliphatic hydroxyl groups excluding tert-OH is 2. The Labute approximate surface area is 141 Å². The van der Waals surface area contributed by atoms with Gasteiger partial charge in [0.2, 0.25) is 0 Å². The molecule has 0 aliphatic carbocycles. The number of methoxy groups -OCH3 is 1. The van der Waals surface area contributed by atoms with Crippen LogP contribution in [0.3, 0.4) is 0 Å². The Morgan fingerprint density at radius 2 is 2.25 bits per heavy atom. The molecule has 0 fully saturated rings. The van der Waals surface area contributed by atoms with Gasteiger partial charge in [-0.2, -0.15) is 5.10 Å². The van der Waals surface area contributed by atoms with Gasteiger partial charge in [-0.1, -0.05) is 0 Å². The van der Waals surface area contributed by atoms with E-state index in [2.05, 4.69) is 19.5 Å². The van der Waals surface area contributed by atoms with Gasteiger partial charge in [-0.05, 0) is 12.5 Å². The molecule has 3 heterocycles. The fourth-order valence-corrected chi connectivity index (χ4v) is 3.03. The second-order valence-corrected chi connectivity index (χ2v) is 6.08. The Bertz CT molecular complexity index is 654. The van der Waals surface area contributed by atoms with E-state index in [-0.39, 0.29) is 6.61 Å². The maximum atomic E-state index is 9.78. The average molecular weight is 335 g/mol. The van der Waals surface area contributed by atoms with Gasteiger partial charge in [0.15, 0.2) is 0 Å². The number of fused-ring (bicyclic) bond motifs is 1. The summed E-state index contributed by atoms with van der Waals surface area (Å²) in [6.45, 7) is 4.46. The van der Waals surface area contributed by atoms with Crippen molar-refractivity contribution >= 4 is 0 Å². The van der Waals surface area contributed by atoms with Crippen LogP contribution in [0.1, 0.15) is 29.7 Å². The number of aromatic nitrogens is 4. The number of aryl methyl sites for hydroxylation is 1. The van der Waals surface area contributed by atoms with E-state index in [1.807, 2.05) is 23.1 Å². The lowest BCUT2D eigenvalue weighted by Crippen LogP contribution is -2.25. The predicted molar refractivity (Wildman–Crippen MR) is 87.1 cm³/mol. The quantitative estimate of drug-likeness (QED) is 0.749. The first-order valence-corrected chi connectivity index (χ1v) is 8.28. The second kappa shape index (κ2) is 7.89. The molecule has 0 spiro atoms. The average Bonchev–Trinajstić information content (AvgIpc) is 3.15. The minimum atomic E-state index is -0.911. The zero-order valence-electron chi connectivity index (χ0n) is 14.0. The molecule has 0 saturated carbocycles. The van der Waals surface area contributed by atoms with E-state index < -0.39 is 6.10 Å². The molecule has 2 N–H and O–H groups in total. The molecule has 1 unspecified atom stereocenters. The lowest BCUT2D eigenvalue weighted by Gasteiger charge is -2.19. The zero-order valence-corrected chi connectivity index (χ0v) is 14.0. The highest BCUT2D eigenvalue weighted by Gasteiger charge is 2.20.